The van der Waals surface area contributed by atoms with Gasteiger partial charge in [-0.25, -0.2) is 13.2 Å². The number of ether oxygens (including phenoxy) is 2. The maximum atomic E-state index is 13.4. The predicted octanol–water partition coefficient (Wildman–Crippen LogP) is 4.09. The average Bonchev–Trinajstić information content (AvgIpc) is 3.35. The predicted molar refractivity (Wildman–Crippen MR) is 166 cm³/mol. The molecule has 0 spiro atoms. The summed E-state index contributed by atoms with van der Waals surface area (Å²) in [5, 5.41) is 12.2. The van der Waals surface area contributed by atoms with Crippen LogP contribution < -0.4 is 5.32 Å². The van der Waals surface area contributed by atoms with Gasteiger partial charge in [-0.1, -0.05) is 60.7 Å². The van der Waals surface area contributed by atoms with E-state index < -0.39 is 27.8 Å². The first-order valence-corrected chi connectivity index (χ1v) is 16.4. The number of nitrogens with one attached hydrogen (secondary N) is 1. The van der Waals surface area contributed by atoms with Crippen molar-refractivity contribution in [1.82, 2.24) is 10.2 Å². The Hall–Kier alpha value is -3.57. The van der Waals surface area contributed by atoms with E-state index >= 15 is 0 Å². The lowest BCUT2D eigenvalue weighted by molar-refractivity contribution is -0.139. The number of aryl methyl sites for hydroxylation is 1. The number of sulfone groups is 1. The molecule has 0 saturated carbocycles. The summed E-state index contributed by atoms with van der Waals surface area (Å²) in [5.74, 6) is -2.20. The minimum Gasteiger partial charge on any atom is -0.480 e. The van der Waals surface area contributed by atoms with Crippen molar-refractivity contribution in [3.05, 3.63) is 95.1 Å². The number of methoxy groups -OCH3 is 1. The first kappa shape index (κ1) is 32.3. The molecule has 43 heavy (non-hydrogen) atoms. The molecule has 0 aromatic heterocycles. The lowest BCUT2D eigenvalue weighted by Gasteiger charge is -2.24. The van der Waals surface area contributed by atoms with Crippen molar-refractivity contribution in [2.45, 2.75) is 51.1 Å². The Morgan fingerprint density at radius 1 is 1.02 bits per heavy atom. The van der Waals surface area contributed by atoms with E-state index in [0.717, 1.165) is 41.5 Å². The van der Waals surface area contributed by atoms with Crippen LogP contribution in [0.3, 0.4) is 0 Å². The molecule has 10 heteroatoms. The smallest absolute Gasteiger partial charge is 0.326 e. The van der Waals surface area contributed by atoms with Crippen LogP contribution >= 0.6 is 0 Å². The number of amides is 1. The van der Waals surface area contributed by atoms with E-state index in [-0.39, 0.29) is 24.3 Å². The summed E-state index contributed by atoms with van der Waals surface area (Å²) in [6, 6.07) is 22.2. The highest BCUT2D eigenvalue weighted by Gasteiger charge is 2.33. The minimum atomic E-state index is -3.40. The van der Waals surface area contributed by atoms with E-state index in [9.17, 15) is 23.1 Å². The van der Waals surface area contributed by atoms with Gasteiger partial charge in [0.2, 0.25) is 0 Å². The van der Waals surface area contributed by atoms with Crippen molar-refractivity contribution >= 4 is 21.7 Å². The molecule has 4 rings (SSSR count). The van der Waals surface area contributed by atoms with Crippen molar-refractivity contribution in [2.75, 3.05) is 32.3 Å². The van der Waals surface area contributed by atoms with Crippen molar-refractivity contribution in [3.8, 4) is 11.1 Å². The van der Waals surface area contributed by atoms with Crippen LogP contribution in [-0.2, 0) is 37.3 Å². The zero-order valence-corrected chi connectivity index (χ0v) is 25.7. The number of likely N-dealkylation sites (tertiary alicyclic amines) is 1. The number of carboxylic acids is 1. The van der Waals surface area contributed by atoms with Gasteiger partial charge in [0.1, 0.15) is 15.9 Å². The Kier molecular flexibility index (Phi) is 11.1. The Labute approximate surface area is 253 Å². The molecule has 1 fully saturated rings. The molecule has 230 valence electrons. The molecule has 1 saturated heterocycles. The maximum Gasteiger partial charge on any atom is 0.326 e. The van der Waals surface area contributed by atoms with Gasteiger partial charge in [-0.05, 0) is 59.7 Å². The normalized spacial score (nSPS) is 17.9. The molecule has 1 aliphatic heterocycles. The van der Waals surface area contributed by atoms with Crippen LogP contribution in [0.15, 0.2) is 72.8 Å². The monoisotopic (exact) mass is 608 g/mol. The summed E-state index contributed by atoms with van der Waals surface area (Å²) in [5.41, 5.74) is 4.95. The lowest BCUT2D eigenvalue weighted by atomic mass is 9.93. The third-order valence-electron chi connectivity index (χ3n) is 7.71. The third-order valence-corrected chi connectivity index (χ3v) is 8.68. The highest BCUT2D eigenvalue weighted by Crippen LogP contribution is 2.30. The number of rotatable bonds is 14. The molecule has 0 radical (unpaired) electrons. The zero-order valence-electron chi connectivity index (χ0n) is 24.9. The average molecular weight is 609 g/mol. The van der Waals surface area contributed by atoms with Crippen molar-refractivity contribution in [2.24, 2.45) is 0 Å². The van der Waals surface area contributed by atoms with Crippen molar-refractivity contribution in [3.63, 3.8) is 0 Å². The first-order valence-electron chi connectivity index (χ1n) is 14.3. The number of benzene rings is 3. The van der Waals surface area contributed by atoms with Gasteiger partial charge < -0.3 is 19.9 Å². The van der Waals surface area contributed by atoms with E-state index in [4.69, 9.17) is 9.47 Å². The van der Waals surface area contributed by atoms with E-state index in [0.29, 0.717) is 30.9 Å². The van der Waals surface area contributed by atoms with E-state index in [2.05, 4.69) is 22.3 Å². The largest absolute Gasteiger partial charge is 0.480 e. The molecule has 3 atom stereocenters. The van der Waals surface area contributed by atoms with Gasteiger partial charge in [-0.15, -0.1) is 0 Å². The quantitative estimate of drug-likeness (QED) is 0.281. The van der Waals surface area contributed by atoms with Crippen LogP contribution in [0.4, 0.5) is 0 Å². The second kappa shape index (κ2) is 14.7. The number of carbonyl (C=O) groups excluding carboxylic acids is 1. The highest BCUT2D eigenvalue weighted by atomic mass is 32.2. The number of hydrogen-bond acceptors (Lipinski definition) is 7. The molecule has 9 nitrogen and oxygen atoms in total. The van der Waals surface area contributed by atoms with E-state index in [1.807, 2.05) is 61.5 Å². The summed E-state index contributed by atoms with van der Waals surface area (Å²) in [6.45, 7) is 4.43. The van der Waals surface area contributed by atoms with Crippen LogP contribution in [0.5, 0.6) is 0 Å². The van der Waals surface area contributed by atoms with Crippen LogP contribution in [0.2, 0.25) is 0 Å². The molecule has 3 aromatic rings. The second-order valence-corrected chi connectivity index (χ2v) is 13.4. The molecular weight excluding hydrogens is 568 g/mol. The molecule has 1 heterocycles. The van der Waals surface area contributed by atoms with Crippen LogP contribution in [0.25, 0.3) is 11.1 Å². The molecule has 3 aromatic carbocycles. The fraction of sp³-hybridized carbons (Fsp3) is 0.394. The van der Waals surface area contributed by atoms with Crippen molar-refractivity contribution in [1.29, 1.82) is 0 Å². The topological polar surface area (TPSA) is 122 Å². The van der Waals surface area contributed by atoms with Crippen LogP contribution in [0, 0.1) is 6.92 Å². The van der Waals surface area contributed by atoms with Gasteiger partial charge in [0.05, 0.1) is 25.1 Å². The van der Waals surface area contributed by atoms with Gasteiger partial charge >= 0.3 is 5.97 Å². The van der Waals surface area contributed by atoms with Gasteiger partial charge in [0.15, 0.2) is 0 Å². The van der Waals surface area contributed by atoms with Gasteiger partial charge in [0.25, 0.3) is 5.91 Å². The SMILES string of the molecule is COC[C@@H]1CC(OCc2ccccc2)CN1Cc1ccc(C(=O)N[C@@H](CCS(C)(=O)=O)C(=O)O)c(-c2ccccc2C)c1. The number of carbonyl (C=O) groups is 2. The Balaban J connectivity index is 1.56. The maximum absolute atomic E-state index is 13.4. The molecule has 1 unspecified atom stereocenters. The Morgan fingerprint density at radius 2 is 1.74 bits per heavy atom. The van der Waals surface area contributed by atoms with E-state index in [1.54, 1.807) is 13.2 Å². The third kappa shape index (κ3) is 9.21. The fourth-order valence-electron chi connectivity index (χ4n) is 5.45. The van der Waals surface area contributed by atoms with Crippen LogP contribution in [0.1, 0.15) is 39.9 Å². The Bertz CT molecular complexity index is 1510. The lowest BCUT2D eigenvalue weighted by Crippen LogP contribution is -2.42. The summed E-state index contributed by atoms with van der Waals surface area (Å²) in [4.78, 5) is 27.6. The van der Waals surface area contributed by atoms with Crippen molar-refractivity contribution < 1.29 is 32.6 Å². The Morgan fingerprint density at radius 3 is 2.42 bits per heavy atom. The summed E-state index contributed by atoms with van der Waals surface area (Å²) in [7, 11) is -1.70. The molecule has 1 aliphatic rings. The first-order chi connectivity index (χ1) is 20.5. The zero-order chi connectivity index (χ0) is 31.0. The van der Waals surface area contributed by atoms with Gasteiger partial charge in [-0.2, -0.15) is 0 Å². The minimum absolute atomic E-state index is 0.0566. The fourth-order valence-corrected chi connectivity index (χ4v) is 6.12. The number of hydrogen-bond donors (Lipinski definition) is 2. The molecule has 0 aliphatic carbocycles. The highest BCUT2D eigenvalue weighted by molar-refractivity contribution is 7.90. The van der Waals surface area contributed by atoms with Gasteiger partial charge in [0, 0.05) is 38.1 Å². The summed E-state index contributed by atoms with van der Waals surface area (Å²) < 4.78 is 35.0. The summed E-state index contributed by atoms with van der Waals surface area (Å²) in [6.07, 6.45) is 1.72. The standard InChI is InChI=1S/C33H40N2O7S/c1-23-9-7-8-12-28(23)30-17-25(13-14-29(30)32(36)34-31(33(37)38)15-16-43(3,39)40)19-35-20-27(18-26(35)22-41-2)42-21-24-10-5-4-6-11-24/h4-14,17,26-27,31H,15-16,18-22H2,1-3H3,(H,34,36)(H,37,38)/t26-,27?,31-/m0/s1. The molecule has 1 amide bonds. The molecule has 0 bridgehead atoms. The van der Waals surface area contributed by atoms with Crippen LogP contribution in [-0.4, -0.2) is 80.8 Å². The second-order valence-electron chi connectivity index (χ2n) is 11.2. The molecule has 2 N–H and O–H groups in total. The summed E-state index contributed by atoms with van der Waals surface area (Å²) >= 11 is 0. The number of carboxylic acid groups (broad SMARTS) is 1. The van der Waals surface area contributed by atoms with Gasteiger partial charge in [-0.3, -0.25) is 9.69 Å². The number of aliphatic carboxylic acids is 1. The number of nitrogens with zero attached hydrogens (tertiary/aromatic N) is 1. The van der Waals surface area contributed by atoms with E-state index in [1.165, 1.54) is 0 Å². The molecular formula is C33H40N2O7S.